The maximum absolute atomic E-state index is 11.3. The molecule has 1 rings (SSSR count). The fourth-order valence-electron chi connectivity index (χ4n) is 2.17. The van der Waals surface area contributed by atoms with Gasteiger partial charge in [0.05, 0.1) is 5.69 Å². The number of aromatic nitrogens is 1. The van der Waals surface area contributed by atoms with E-state index in [1.54, 1.807) is 0 Å². The van der Waals surface area contributed by atoms with Crippen molar-refractivity contribution in [2.75, 3.05) is 6.54 Å². The van der Waals surface area contributed by atoms with Crippen molar-refractivity contribution in [1.82, 2.24) is 9.88 Å². The number of hydrogen-bond acceptors (Lipinski definition) is 3. The van der Waals surface area contributed by atoms with Gasteiger partial charge in [0.2, 0.25) is 0 Å². The first-order chi connectivity index (χ1) is 8.45. The van der Waals surface area contributed by atoms with Gasteiger partial charge in [0.25, 0.3) is 0 Å². The lowest BCUT2D eigenvalue weighted by Crippen LogP contribution is -2.44. The van der Waals surface area contributed by atoms with Crippen molar-refractivity contribution in [2.24, 2.45) is 5.92 Å². The Morgan fingerprint density at radius 2 is 2.11 bits per heavy atom. The molecule has 1 N–H and O–H groups in total. The Hall–Kier alpha value is -1.42. The highest BCUT2D eigenvalue weighted by Gasteiger charge is 2.27. The Bertz CT molecular complexity index is 405. The highest BCUT2D eigenvalue weighted by atomic mass is 16.4. The van der Waals surface area contributed by atoms with Crippen LogP contribution in [0.15, 0.2) is 18.2 Å². The summed E-state index contributed by atoms with van der Waals surface area (Å²) >= 11 is 0. The zero-order chi connectivity index (χ0) is 13.7. The number of carbonyl (C=O) groups is 1. The summed E-state index contributed by atoms with van der Waals surface area (Å²) in [7, 11) is 0. The van der Waals surface area contributed by atoms with Crippen LogP contribution in [0.25, 0.3) is 0 Å². The van der Waals surface area contributed by atoms with E-state index in [2.05, 4.69) is 4.98 Å². The van der Waals surface area contributed by atoms with Gasteiger partial charge in [-0.05, 0) is 31.5 Å². The van der Waals surface area contributed by atoms with Gasteiger partial charge in [0, 0.05) is 12.2 Å². The molecule has 0 aliphatic heterocycles. The molecule has 0 aromatic carbocycles. The average molecular weight is 250 g/mol. The van der Waals surface area contributed by atoms with Gasteiger partial charge in [-0.25, -0.2) is 0 Å². The first kappa shape index (κ1) is 14.6. The first-order valence-electron chi connectivity index (χ1n) is 6.35. The Kier molecular flexibility index (Phi) is 5.28. The normalized spacial score (nSPS) is 13.0. The number of hydrogen-bond donors (Lipinski definition) is 1. The van der Waals surface area contributed by atoms with Gasteiger partial charge in [-0.3, -0.25) is 14.7 Å². The summed E-state index contributed by atoms with van der Waals surface area (Å²) in [6.07, 6.45) is 0. The van der Waals surface area contributed by atoms with Crippen molar-refractivity contribution in [2.45, 2.75) is 40.3 Å². The molecule has 4 heteroatoms. The molecule has 18 heavy (non-hydrogen) atoms. The lowest BCUT2D eigenvalue weighted by atomic mass is 10.0. The Labute approximate surface area is 109 Å². The van der Waals surface area contributed by atoms with Crippen LogP contribution in [0, 0.1) is 12.8 Å². The third-order valence-corrected chi connectivity index (χ3v) is 3.00. The van der Waals surface area contributed by atoms with Crippen molar-refractivity contribution in [1.29, 1.82) is 0 Å². The maximum Gasteiger partial charge on any atom is 0.321 e. The molecule has 0 bridgehead atoms. The van der Waals surface area contributed by atoms with Crippen molar-refractivity contribution >= 4 is 5.97 Å². The number of nitrogens with zero attached hydrogens (tertiary/aromatic N) is 2. The minimum Gasteiger partial charge on any atom is -0.480 e. The van der Waals surface area contributed by atoms with E-state index in [9.17, 15) is 9.90 Å². The first-order valence-corrected chi connectivity index (χ1v) is 6.35. The Morgan fingerprint density at radius 3 is 2.56 bits per heavy atom. The van der Waals surface area contributed by atoms with Crippen molar-refractivity contribution < 1.29 is 9.90 Å². The van der Waals surface area contributed by atoms with Crippen molar-refractivity contribution in [3.63, 3.8) is 0 Å². The Morgan fingerprint density at radius 1 is 1.44 bits per heavy atom. The molecule has 0 spiro atoms. The predicted molar refractivity (Wildman–Crippen MR) is 71.3 cm³/mol. The van der Waals surface area contributed by atoms with Crippen molar-refractivity contribution in [3.8, 4) is 0 Å². The zero-order valence-corrected chi connectivity index (χ0v) is 11.6. The van der Waals surface area contributed by atoms with Gasteiger partial charge in [-0.15, -0.1) is 0 Å². The van der Waals surface area contributed by atoms with Crippen LogP contribution in [-0.4, -0.2) is 33.5 Å². The van der Waals surface area contributed by atoms with Crippen LogP contribution in [0.5, 0.6) is 0 Å². The zero-order valence-electron chi connectivity index (χ0n) is 11.6. The summed E-state index contributed by atoms with van der Waals surface area (Å²) < 4.78 is 0. The van der Waals surface area contributed by atoms with E-state index in [0.717, 1.165) is 11.4 Å². The molecule has 1 heterocycles. The molecule has 0 saturated heterocycles. The highest BCUT2D eigenvalue weighted by molar-refractivity contribution is 5.73. The standard InChI is InChI=1S/C14H22N2O2/c1-5-16(13(10(2)3)14(17)18)9-12-8-6-7-11(4)15-12/h6-8,10,13H,5,9H2,1-4H3,(H,17,18). The second kappa shape index (κ2) is 6.50. The van der Waals surface area contributed by atoms with E-state index in [4.69, 9.17) is 0 Å². The molecule has 4 nitrogen and oxygen atoms in total. The summed E-state index contributed by atoms with van der Waals surface area (Å²) in [6.45, 7) is 9.07. The fraction of sp³-hybridized carbons (Fsp3) is 0.571. The van der Waals surface area contributed by atoms with Gasteiger partial charge in [0.1, 0.15) is 6.04 Å². The third-order valence-electron chi connectivity index (χ3n) is 3.00. The number of aryl methyl sites for hydroxylation is 1. The number of likely N-dealkylation sites (N-methyl/N-ethyl adjacent to an activating group) is 1. The van der Waals surface area contributed by atoms with Crippen LogP contribution >= 0.6 is 0 Å². The molecular weight excluding hydrogens is 228 g/mol. The molecule has 1 aromatic heterocycles. The van der Waals surface area contributed by atoms with Gasteiger partial charge in [-0.1, -0.05) is 26.8 Å². The van der Waals surface area contributed by atoms with Crippen LogP contribution in [0.4, 0.5) is 0 Å². The number of pyridine rings is 1. The maximum atomic E-state index is 11.3. The minimum atomic E-state index is -0.764. The van der Waals surface area contributed by atoms with E-state index in [-0.39, 0.29) is 5.92 Å². The smallest absolute Gasteiger partial charge is 0.321 e. The molecule has 0 aliphatic carbocycles. The minimum absolute atomic E-state index is 0.0762. The van der Waals surface area contributed by atoms with Crippen LogP contribution in [0.2, 0.25) is 0 Å². The van der Waals surface area contributed by atoms with E-state index >= 15 is 0 Å². The lowest BCUT2D eigenvalue weighted by Gasteiger charge is -2.30. The summed E-state index contributed by atoms with van der Waals surface area (Å²) in [4.78, 5) is 17.7. The van der Waals surface area contributed by atoms with Gasteiger partial charge >= 0.3 is 5.97 Å². The number of rotatable bonds is 6. The van der Waals surface area contributed by atoms with Crippen LogP contribution in [-0.2, 0) is 11.3 Å². The van der Waals surface area contributed by atoms with Gasteiger partial charge < -0.3 is 5.11 Å². The summed E-state index contributed by atoms with van der Waals surface area (Å²) in [5.41, 5.74) is 1.88. The summed E-state index contributed by atoms with van der Waals surface area (Å²) in [5.74, 6) is -0.688. The highest BCUT2D eigenvalue weighted by Crippen LogP contribution is 2.14. The van der Waals surface area contributed by atoms with E-state index < -0.39 is 12.0 Å². The molecular formula is C14H22N2O2. The number of carboxylic acid groups (broad SMARTS) is 1. The second-order valence-electron chi connectivity index (χ2n) is 4.86. The largest absolute Gasteiger partial charge is 0.480 e. The third kappa shape index (κ3) is 3.81. The Balaban J connectivity index is 2.86. The van der Waals surface area contributed by atoms with Crippen molar-refractivity contribution in [3.05, 3.63) is 29.6 Å². The van der Waals surface area contributed by atoms with Crippen LogP contribution in [0.1, 0.15) is 32.2 Å². The number of aliphatic carboxylic acids is 1. The van der Waals surface area contributed by atoms with Gasteiger partial charge in [-0.2, -0.15) is 0 Å². The molecule has 1 atom stereocenters. The topological polar surface area (TPSA) is 53.4 Å². The molecule has 100 valence electrons. The second-order valence-corrected chi connectivity index (χ2v) is 4.86. The fourth-order valence-corrected chi connectivity index (χ4v) is 2.17. The monoisotopic (exact) mass is 250 g/mol. The van der Waals surface area contributed by atoms with E-state index in [0.29, 0.717) is 13.1 Å². The van der Waals surface area contributed by atoms with E-state index in [1.807, 2.05) is 50.8 Å². The van der Waals surface area contributed by atoms with Gasteiger partial charge in [0.15, 0.2) is 0 Å². The molecule has 0 amide bonds. The SMILES string of the molecule is CCN(Cc1cccc(C)n1)C(C(=O)O)C(C)C. The summed E-state index contributed by atoms with van der Waals surface area (Å²) in [5, 5.41) is 9.32. The molecule has 1 unspecified atom stereocenters. The summed E-state index contributed by atoms with van der Waals surface area (Å²) in [6, 6.07) is 5.37. The lowest BCUT2D eigenvalue weighted by molar-refractivity contribution is -0.145. The predicted octanol–water partition coefficient (Wildman–Crippen LogP) is 2.32. The van der Waals surface area contributed by atoms with Crippen LogP contribution < -0.4 is 0 Å². The average Bonchev–Trinajstić information content (AvgIpc) is 2.27. The molecule has 0 radical (unpaired) electrons. The molecule has 0 saturated carbocycles. The molecule has 0 fully saturated rings. The number of carboxylic acids is 1. The molecule has 0 aliphatic rings. The van der Waals surface area contributed by atoms with E-state index in [1.165, 1.54) is 0 Å². The quantitative estimate of drug-likeness (QED) is 0.842. The van der Waals surface area contributed by atoms with Crippen LogP contribution in [0.3, 0.4) is 0 Å². The molecule has 1 aromatic rings.